The molecule has 0 spiro atoms. The largest absolute Gasteiger partial charge is 0.480 e. The van der Waals surface area contributed by atoms with Crippen LogP contribution in [0.1, 0.15) is 13.3 Å². The van der Waals surface area contributed by atoms with Crippen LogP contribution in [0.15, 0.2) is 0 Å². The molecule has 0 aliphatic carbocycles. The number of thioether (sulfide) groups is 1. The summed E-state index contributed by atoms with van der Waals surface area (Å²) in [6.45, 7) is 5.26. The van der Waals surface area contributed by atoms with Crippen LogP contribution in [0, 0.1) is 0 Å². The van der Waals surface area contributed by atoms with Gasteiger partial charge in [-0.2, -0.15) is 11.8 Å². The van der Waals surface area contributed by atoms with E-state index in [2.05, 4.69) is 10.2 Å². The Balaban J connectivity index is 2.27. The highest BCUT2D eigenvalue weighted by atomic mass is 32.2. The summed E-state index contributed by atoms with van der Waals surface area (Å²) >= 11 is 1.95. The Kier molecular flexibility index (Phi) is 7.01. The molecular weight excluding hydrogens is 266 g/mol. The molecule has 7 heteroatoms. The van der Waals surface area contributed by atoms with Gasteiger partial charge in [0.2, 0.25) is 0 Å². The predicted octanol–water partition coefficient (Wildman–Crippen LogP) is 0.540. The first-order valence-corrected chi connectivity index (χ1v) is 7.75. The van der Waals surface area contributed by atoms with Gasteiger partial charge < -0.3 is 15.3 Å². The zero-order valence-corrected chi connectivity index (χ0v) is 12.4. The Bertz CT molecular complexity index is 309. The third-order valence-electron chi connectivity index (χ3n) is 3.27. The third-order valence-corrected chi connectivity index (χ3v) is 4.21. The number of carboxylic acid groups (broad SMARTS) is 1. The van der Waals surface area contributed by atoms with Gasteiger partial charge in [-0.1, -0.05) is 6.92 Å². The van der Waals surface area contributed by atoms with E-state index in [1.807, 2.05) is 11.8 Å². The van der Waals surface area contributed by atoms with Crippen molar-refractivity contribution in [2.24, 2.45) is 0 Å². The van der Waals surface area contributed by atoms with E-state index in [1.165, 1.54) is 11.9 Å². The molecule has 1 fully saturated rings. The molecule has 1 rings (SSSR count). The average molecular weight is 289 g/mol. The molecule has 1 aliphatic heterocycles. The van der Waals surface area contributed by atoms with Gasteiger partial charge in [-0.25, -0.2) is 9.59 Å². The summed E-state index contributed by atoms with van der Waals surface area (Å²) < 4.78 is 0. The number of carboxylic acids is 1. The van der Waals surface area contributed by atoms with Crippen molar-refractivity contribution in [3.05, 3.63) is 0 Å². The molecule has 110 valence electrons. The summed E-state index contributed by atoms with van der Waals surface area (Å²) in [5, 5.41) is 11.8. The number of amides is 2. The van der Waals surface area contributed by atoms with Crippen molar-refractivity contribution in [1.82, 2.24) is 15.1 Å². The van der Waals surface area contributed by atoms with Crippen molar-refractivity contribution in [2.75, 3.05) is 44.7 Å². The molecule has 2 N–H and O–H groups in total. The first-order valence-electron chi connectivity index (χ1n) is 6.59. The second kappa shape index (κ2) is 8.27. The lowest BCUT2D eigenvalue weighted by Gasteiger charge is -2.27. The molecule has 0 aromatic heterocycles. The second-order valence-corrected chi connectivity index (χ2v) is 5.78. The minimum atomic E-state index is -0.965. The number of aliphatic carboxylic acids is 1. The van der Waals surface area contributed by atoms with E-state index in [-0.39, 0.29) is 6.03 Å². The van der Waals surface area contributed by atoms with Crippen molar-refractivity contribution in [3.8, 4) is 0 Å². The Morgan fingerprint density at radius 1 is 1.42 bits per heavy atom. The Labute approximate surface area is 118 Å². The highest BCUT2D eigenvalue weighted by Gasteiger charge is 2.24. The van der Waals surface area contributed by atoms with Crippen LogP contribution in [-0.4, -0.2) is 77.7 Å². The fourth-order valence-corrected chi connectivity index (χ4v) is 3.00. The van der Waals surface area contributed by atoms with Gasteiger partial charge in [-0.3, -0.25) is 4.90 Å². The number of hydrogen-bond donors (Lipinski definition) is 2. The Morgan fingerprint density at radius 2 is 2.05 bits per heavy atom. The molecule has 1 saturated heterocycles. The molecule has 6 nitrogen and oxygen atoms in total. The fraction of sp³-hybridized carbons (Fsp3) is 0.833. The van der Waals surface area contributed by atoms with Crippen molar-refractivity contribution in [3.63, 3.8) is 0 Å². The maximum atomic E-state index is 11.8. The van der Waals surface area contributed by atoms with Gasteiger partial charge in [0.15, 0.2) is 0 Å². The summed E-state index contributed by atoms with van der Waals surface area (Å²) in [5.41, 5.74) is 0. The monoisotopic (exact) mass is 289 g/mol. The molecule has 1 aliphatic rings. The van der Waals surface area contributed by atoms with Gasteiger partial charge >= 0.3 is 12.0 Å². The SMILES string of the molecule is CCC(C(=O)O)N(C)C(=O)NCCN1CCSCC1. The number of nitrogens with zero attached hydrogens (tertiary/aromatic N) is 2. The van der Waals surface area contributed by atoms with E-state index in [1.54, 1.807) is 6.92 Å². The molecule has 0 radical (unpaired) electrons. The minimum Gasteiger partial charge on any atom is -0.480 e. The first kappa shape index (κ1) is 16.1. The zero-order chi connectivity index (χ0) is 14.3. The zero-order valence-electron chi connectivity index (χ0n) is 11.6. The number of nitrogens with one attached hydrogen (secondary N) is 1. The molecule has 19 heavy (non-hydrogen) atoms. The first-order chi connectivity index (χ1) is 9.06. The minimum absolute atomic E-state index is 0.319. The van der Waals surface area contributed by atoms with Crippen LogP contribution in [-0.2, 0) is 4.79 Å². The van der Waals surface area contributed by atoms with Crippen LogP contribution in [0.25, 0.3) is 0 Å². The molecule has 1 atom stereocenters. The van der Waals surface area contributed by atoms with Gasteiger partial charge in [0.25, 0.3) is 0 Å². The highest BCUT2D eigenvalue weighted by Crippen LogP contribution is 2.08. The highest BCUT2D eigenvalue weighted by molar-refractivity contribution is 7.99. The van der Waals surface area contributed by atoms with Crippen LogP contribution in [0.3, 0.4) is 0 Å². The maximum absolute atomic E-state index is 11.8. The molecular formula is C12H23N3O3S. The van der Waals surface area contributed by atoms with Crippen molar-refractivity contribution >= 4 is 23.8 Å². The Morgan fingerprint density at radius 3 is 2.58 bits per heavy atom. The summed E-state index contributed by atoms with van der Waals surface area (Å²) in [7, 11) is 1.52. The van der Waals surface area contributed by atoms with Crippen molar-refractivity contribution < 1.29 is 14.7 Å². The lowest BCUT2D eigenvalue weighted by Crippen LogP contribution is -2.48. The van der Waals surface area contributed by atoms with Crippen LogP contribution < -0.4 is 5.32 Å². The van der Waals surface area contributed by atoms with Crippen LogP contribution in [0.2, 0.25) is 0 Å². The molecule has 0 saturated carbocycles. The van der Waals surface area contributed by atoms with Gasteiger partial charge in [0, 0.05) is 44.7 Å². The molecule has 0 bridgehead atoms. The fourth-order valence-electron chi connectivity index (χ4n) is 2.03. The van der Waals surface area contributed by atoms with Gasteiger partial charge in [0.1, 0.15) is 6.04 Å². The molecule has 0 aromatic rings. The van der Waals surface area contributed by atoms with E-state index in [0.29, 0.717) is 13.0 Å². The predicted molar refractivity (Wildman–Crippen MR) is 76.6 cm³/mol. The lowest BCUT2D eigenvalue weighted by molar-refractivity contribution is -0.141. The van der Waals surface area contributed by atoms with E-state index < -0.39 is 12.0 Å². The van der Waals surface area contributed by atoms with E-state index >= 15 is 0 Å². The van der Waals surface area contributed by atoms with E-state index in [0.717, 1.165) is 31.1 Å². The number of carbonyl (C=O) groups is 2. The summed E-state index contributed by atoms with van der Waals surface area (Å²) in [5.74, 6) is 1.32. The van der Waals surface area contributed by atoms with E-state index in [4.69, 9.17) is 5.11 Å². The van der Waals surface area contributed by atoms with Gasteiger partial charge in [-0.15, -0.1) is 0 Å². The summed E-state index contributed by atoms with van der Waals surface area (Å²) in [4.78, 5) is 26.4. The number of rotatable bonds is 6. The lowest BCUT2D eigenvalue weighted by atomic mass is 10.2. The van der Waals surface area contributed by atoms with Gasteiger partial charge in [0.05, 0.1) is 0 Å². The van der Waals surface area contributed by atoms with E-state index in [9.17, 15) is 9.59 Å². The Hall–Kier alpha value is -0.950. The maximum Gasteiger partial charge on any atom is 0.326 e. The van der Waals surface area contributed by atoms with Crippen molar-refractivity contribution in [2.45, 2.75) is 19.4 Å². The standard InChI is InChI=1S/C12H23N3O3S/c1-3-10(11(16)17)14(2)12(18)13-4-5-15-6-8-19-9-7-15/h10H,3-9H2,1-2H3,(H,13,18)(H,16,17). The third kappa shape index (κ3) is 5.28. The smallest absolute Gasteiger partial charge is 0.326 e. The summed E-state index contributed by atoms with van der Waals surface area (Å²) in [6.07, 6.45) is 0.405. The quantitative estimate of drug-likeness (QED) is 0.746. The van der Waals surface area contributed by atoms with Crippen molar-refractivity contribution in [1.29, 1.82) is 0 Å². The number of carbonyl (C=O) groups excluding carboxylic acids is 1. The molecule has 0 aromatic carbocycles. The number of urea groups is 1. The molecule has 1 heterocycles. The second-order valence-electron chi connectivity index (χ2n) is 4.56. The topological polar surface area (TPSA) is 72.9 Å². The van der Waals surface area contributed by atoms with Gasteiger partial charge in [-0.05, 0) is 6.42 Å². The summed E-state index contributed by atoms with van der Waals surface area (Å²) in [6, 6.07) is -1.08. The molecule has 2 amide bonds. The normalized spacial score (nSPS) is 17.8. The van der Waals surface area contributed by atoms with Crippen LogP contribution >= 0.6 is 11.8 Å². The molecule has 1 unspecified atom stereocenters. The number of hydrogen-bond acceptors (Lipinski definition) is 4. The number of likely N-dealkylation sites (N-methyl/N-ethyl adjacent to an activating group) is 1. The van der Waals surface area contributed by atoms with Crippen LogP contribution in [0.4, 0.5) is 4.79 Å². The average Bonchev–Trinajstić information content (AvgIpc) is 2.40. The van der Waals surface area contributed by atoms with Crippen LogP contribution in [0.5, 0.6) is 0 Å².